The van der Waals surface area contributed by atoms with E-state index in [1.54, 1.807) is 11.9 Å². The number of likely N-dealkylation sites (N-methyl/N-ethyl adjacent to an activating group) is 1. The maximum atomic E-state index is 10.9. The van der Waals surface area contributed by atoms with Crippen molar-refractivity contribution in [3.8, 4) is 0 Å². The first-order chi connectivity index (χ1) is 5.16. The first kappa shape index (κ1) is 8.32. The van der Waals surface area contributed by atoms with Crippen LogP contribution < -0.4 is 11.1 Å². The molecule has 0 aliphatic carbocycles. The van der Waals surface area contributed by atoms with Gasteiger partial charge < -0.3 is 5.73 Å². The maximum Gasteiger partial charge on any atom is 0.215 e. The minimum atomic E-state index is -0.493. The topological polar surface area (TPSA) is 75.4 Å². The van der Waals surface area contributed by atoms with Gasteiger partial charge in [0, 0.05) is 6.67 Å². The predicted molar refractivity (Wildman–Crippen MR) is 38.6 cm³/mol. The van der Waals surface area contributed by atoms with Crippen LogP contribution in [0.4, 0.5) is 0 Å². The van der Waals surface area contributed by atoms with Crippen LogP contribution in [0.1, 0.15) is 0 Å². The van der Waals surface area contributed by atoms with Crippen molar-refractivity contribution in [1.29, 1.82) is 0 Å². The lowest BCUT2D eigenvalue weighted by Crippen LogP contribution is -2.47. The highest BCUT2D eigenvalue weighted by atomic mass is 16.2. The van der Waals surface area contributed by atoms with Gasteiger partial charge in [-0.05, 0) is 7.05 Å². The zero-order valence-electron chi connectivity index (χ0n) is 6.28. The molecule has 0 amide bonds. The predicted octanol–water partition coefficient (Wildman–Crippen LogP) is -2.10. The van der Waals surface area contributed by atoms with Gasteiger partial charge in [0.05, 0.1) is 6.17 Å². The molecule has 2 atom stereocenters. The molecule has 0 aromatic rings. The third kappa shape index (κ3) is 1.45. The second-order valence-electron chi connectivity index (χ2n) is 2.61. The molecule has 0 aromatic heterocycles. The summed E-state index contributed by atoms with van der Waals surface area (Å²) < 4.78 is 0. The summed E-state index contributed by atoms with van der Waals surface area (Å²) in [6, 6.07) is -0.493. The van der Waals surface area contributed by atoms with E-state index in [2.05, 4.69) is 5.32 Å². The lowest BCUT2D eigenvalue weighted by molar-refractivity contribution is -0.132. The van der Waals surface area contributed by atoms with Gasteiger partial charge in [0.25, 0.3) is 0 Å². The number of carbonyl (C=O) groups is 2. The number of aldehydes is 1. The second-order valence-corrected chi connectivity index (χ2v) is 2.61. The van der Waals surface area contributed by atoms with Crippen molar-refractivity contribution >= 4 is 12.1 Å². The Bertz CT molecular complexity index is 173. The van der Waals surface area contributed by atoms with Crippen molar-refractivity contribution in [2.75, 3.05) is 13.7 Å². The fraction of sp³-hybridized carbons (Fsp3) is 0.667. The lowest BCUT2D eigenvalue weighted by Gasteiger charge is -2.16. The van der Waals surface area contributed by atoms with Crippen LogP contribution in [0.25, 0.3) is 0 Å². The molecule has 3 N–H and O–H groups in total. The van der Waals surface area contributed by atoms with Gasteiger partial charge in [-0.2, -0.15) is 0 Å². The Balaban J connectivity index is 2.67. The van der Waals surface area contributed by atoms with Crippen molar-refractivity contribution in [3.63, 3.8) is 0 Å². The molecule has 5 heteroatoms. The number of ketones is 1. The monoisotopic (exact) mass is 157 g/mol. The Morgan fingerprint density at radius 2 is 2.45 bits per heavy atom. The fourth-order valence-corrected chi connectivity index (χ4v) is 1.20. The smallest absolute Gasteiger partial charge is 0.215 e. The molecular formula is C6H11N3O2. The van der Waals surface area contributed by atoms with E-state index >= 15 is 0 Å². The van der Waals surface area contributed by atoms with E-state index in [1.807, 2.05) is 0 Å². The molecule has 0 spiro atoms. The van der Waals surface area contributed by atoms with Crippen molar-refractivity contribution in [3.05, 3.63) is 0 Å². The van der Waals surface area contributed by atoms with E-state index < -0.39 is 18.0 Å². The highest BCUT2D eigenvalue weighted by molar-refractivity contribution is 6.27. The maximum absolute atomic E-state index is 10.9. The molecule has 1 saturated heterocycles. The van der Waals surface area contributed by atoms with E-state index in [1.165, 1.54) is 0 Å². The molecule has 0 saturated carbocycles. The van der Waals surface area contributed by atoms with Crippen molar-refractivity contribution < 1.29 is 9.59 Å². The number of hydrogen-bond acceptors (Lipinski definition) is 5. The number of hydrogen-bond donors (Lipinski definition) is 2. The summed E-state index contributed by atoms with van der Waals surface area (Å²) in [6.45, 7) is 0.547. The van der Waals surface area contributed by atoms with E-state index in [4.69, 9.17) is 5.73 Å². The van der Waals surface area contributed by atoms with E-state index in [0.717, 1.165) is 0 Å². The molecule has 11 heavy (non-hydrogen) atoms. The zero-order chi connectivity index (χ0) is 8.43. The zero-order valence-corrected chi connectivity index (χ0v) is 6.28. The van der Waals surface area contributed by atoms with Crippen LogP contribution in [0, 0.1) is 0 Å². The highest BCUT2D eigenvalue weighted by Crippen LogP contribution is 2.04. The summed E-state index contributed by atoms with van der Waals surface area (Å²) in [7, 11) is 1.74. The average Bonchev–Trinajstić information content (AvgIpc) is 2.30. The first-order valence-electron chi connectivity index (χ1n) is 3.35. The molecule has 1 heterocycles. The van der Waals surface area contributed by atoms with E-state index in [0.29, 0.717) is 13.0 Å². The van der Waals surface area contributed by atoms with Gasteiger partial charge >= 0.3 is 0 Å². The van der Waals surface area contributed by atoms with Gasteiger partial charge in [-0.15, -0.1) is 0 Å². The summed E-state index contributed by atoms with van der Waals surface area (Å²) in [5.41, 5.74) is 5.51. The van der Waals surface area contributed by atoms with Gasteiger partial charge in [-0.1, -0.05) is 0 Å². The summed E-state index contributed by atoms with van der Waals surface area (Å²) in [5.74, 6) is -0.468. The Morgan fingerprint density at radius 1 is 1.82 bits per heavy atom. The van der Waals surface area contributed by atoms with Crippen molar-refractivity contribution in [1.82, 2.24) is 10.2 Å². The Labute approximate surface area is 64.5 Å². The largest absolute Gasteiger partial charge is 0.314 e. The summed E-state index contributed by atoms with van der Waals surface area (Å²) in [6.07, 6.45) is -0.105. The summed E-state index contributed by atoms with van der Waals surface area (Å²) in [4.78, 5) is 22.7. The molecule has 2 unspecified atom stereocenters. The van der Waals surface area contributed by atoms with Crippen LogP contribution in [0.3, 0.4) is 0 Å². The molecule has 0 bridgehead atoms. The lowest BCUT2D eigenvalue weighted by atomic mass is 10.1. The van der Waals surface area contributed by atoms with E-state index in [9.17, 15) is 9.59 Å². The normalized spacial score (nSPS) is 32.2. The van der Waals surface area contributed by atoms with Crippen molar-refractivity contribution in [2.45, 2.75) is 12.2 Å². The van der Waals surface area contributed by atoms with Crippen LogP contribution in [0.2, 0.25) is 0 Å². The highest BCUT2D eigenvalue weighted by Gasteiger charge is 2.33. The minimum Gasteiger partial charge on any atom is -0.314 e. The Morgan fingerprint density at radius 3 is 2.82 bits per heavy atom. The third-order valence-corrected chi connectivity index (χ3v) is 1.80. The molecule has 1 rings (SSSR count). The third-order valence-electron chi connectivity index (χ3n) is 1.80. The van der Waals surface area contributed by atoms with Crippen LogP contribution >= 0.6 is 0 Å². The molecule has 0 radical (unpaired) electrons. The van der Waals surface area contributed by atoms with Crippen molar-refractivity contribution in [2.24, 2.45) is 5.73 Å². The quantitative estimate of drug-likeness (QED) is 0.355. The molecule has 1 fully saturated rings. The fourth-order valence-electron chi connectivity index (χ4n) is 1.20. The molecular weight excluding hydrogens is 146 g/mol. The molecule has 1 aliphatic rings. The second kappa shape index (κ2) is 3.08. The van der Waals surface area contributed by atoms with Crippen LogP contribution in [0.15, 0.2) is 0 Å². The first-order valence-corrected chi connectivity index (χ1v) is 3.35. The SMILES string of the molecule is CN1CNC(N)C1C(=O)C=O. The summed E-state index contributed by atoms with van der Waals surface area (Å²) >= 11 is 0. The summed E-state index contributed by atoms with van der Waals surface area (Å²) in [5, 5.41) is 2.86. The minimum absolute atomic E-state index is 0.314. The number of Topliss-reactive ketones (excluding diaryl/α,β-unsaturated/α-hetero) is 1. The van der Waals surface area contributed by atoms with Gasteiger partial charge in [0.2, 0.25) is 5.78 Å². The number of nitrogens with zero attached hydrogens (tertiary/aromatic N) is 1. The standard InChI is InChI=1S/C6H11N3O2/c1-9-3-8-6(7)5(9)4(11)2-10/h2,5-6,8H,3,7H2,1H3. The number of carbonyl (C=O) groups excluding carboxylic acids is 2. The molecule has 62 valence electrons. The number of nitrogens with one attached hydrogen (secondary N) is 1. The van der Waals surface area contributed by atoms with Crippen LogP contribution in [0.5, 0.6) is 0 Å². The van der Waals surface area contributed by atoms with Crippen LogP contribution in [-0.4, -0.2) is 42.9 Å². The van der Waals surface area contributed by atoms with Gasteiger partial charge in [0.1, 0.15) is 6.04 Å². The average molecular weight is 157 g/mol. The Kier molecular flexibility index (Phi) is 2.33. The van der Waals surface area contributed by atoms with Gasteiger partial charge in [-0.25, -0.2) is 0 Å². The van der Waals surface area contributed by atoms with E-state index in [-0.39, 0.29) is 0 Å². The van der Waals surface area contributed by atoms with Crippen LogP contribution in [-0.2, 0) is 9.59 Å². The molecule has 0 aromatic carbocycles. The molecule has 5 nitrogen and oxygen atoms in total. The number of rotatable bonds is 2. The number of nitrogens with two attached hydrogens (primary N) is 1. The van der Waals surface area contributed by atoms with Gasteiger partial charge in [-0.3, -0.25) is 19.8 Å². The Hall–Kier alpha value is -0.780. The molecule has 1 aliphatic heterocycles. The van der Waals surface area contributed by atoms with Gasteiger partial charge in [0.15, 0.2) is 6.29 Å².